The number of nitrogens with zero attached hydrogens (tertiary/aromatic N) is 2. The van der Waals surface area contributed by atoms with Crippen molar-refractivity contribution in [2.45, 2.75) is 59.0 Å². The van der Waals surface area contributed by atoms with Gasteiger partial charge in [0.2, 0.25) is 0 Å². The van der Waals surface area contributed by atoms with E-state index in [9.17, 15) is 5.11 Å². The first-order valence-electron chi connectivity index (χ1n) is 7.38. The minimum absolute atomic E-state index is 0.0819. The molecule has 1 aromatic heterocycles. The van der Waals surface area contributed by atoms with Gasteiger partial charge in [-0.05, 0) is 26.7 Å². The maximum atomic E-state index is 9.25. The summed E-state index contributed by atoms with van der Waals surface area (Å²) < 4.78 is 0. The zero-order valence-electron chi connectivity index (χ0n) is 13.3. The van der Waals surface area contributed by atoms with E-state index in [1.807, 2.05) is 13.0 Å². The largest absolute Gasteiger partial charge is 0.393 e. The number of hydrogen-bond acceptors (Lipinski definition) is 5. The van der Waals surface area contributed by atoms with Crippen LogP contribution in [0.1, 0.15) is 53.3 Å². The third-order valence-corrected chi connectivity index (χ3v) is 2.86. The van der Waals surface area contributed by atoms with Crippen LogP contribution in [0.3, 0.4) is 0 Å². The van der Waals surface area contributed by atoms with Crippen LogP contribution in [0, 0.1) is 0 Å². The standard InChI is InChI=1S/C15H28N4O/c1-6-16-12-10-13(17-9-7-8-11(2)20)19-14(18-12)15(3,4)5/h10-11,20H,6-9H2,1-5H3,(H2,16,17,18,19). The molecule has 0 aliphatic carbocycles. The van der Waals surface area contributed by atoms with E-state index in [4.69, 9.17) is 0 Å². The van der Waals surface area contributed by atoms with E-state index in [1.54, 1.807) is 0 Å². The molecule has 0 spiro atoms. The van der Waals surface area contributed by atoms with Gasteiger partial charge in [-0.3, -0.25) is 0 Å². The second-order valence-corrected chi connectivity index (χ2v) is 6.16. The van der Waals surface area contributed by atoms with Gasteiger partial charge >= 0.3 is 0 Å². The van der Waals surface area contributed by atoms with Crippen molar-refractivity contribution in [1.82, 2.24) is 9.97 Å². The fourth-order valence-electron chi connectivity index (χ4n) is 1.76. The number of aliphatic hydroxyl groups excluding tert-OH is 1. The van der Waals surface area contributed by atoms with Crippen molar-refractivity contribution in [2.75, 3.05) is 23.7 Å². The van der Waals surface area contributed by atoms with Crippen LogP contribution in [-0.2, 0) is 5.41 Å². The van der Waals surface area contributed by atoms with Crippen LogP contribution in [0.15, 0.2) is 6.07 Å². The first kappa shape index (κ1) is 16.7. The first-order chi connectivity index (χ1) is 9.32. The second-order valence-electron chi connectivity index (χ2n) is 6.16. The third-order valence-electron chi connectivity index (χ3n) is 2.86. The molecular weight excluding hydrogens is 252 g/mol. The van der Waals surface area contributed by atoms with Gasteiger partial charge in [-0.25, -0.2) is 9.97 Å². The molecule has 0 aliphatic heterocycles. The van der Waals surface area contributed by atoms with Gasteiger partial charge in [0.25, 0.3) is 0 Å². The molecular formula is C15H28N4O. The summed E-state index contributed by atoms with van der Waals surface area (Å²) in [5, 5.41) is 15.8. The van der Waals surface area contributed by atoms with Gasteiger partial charge in [-0.2, -0.15) is 0 Å². The Bertz CT molecular complexity index is 413. The second kappa shape index (κ2) is 7.43. The summed E-state index contributed by atoms with van der Waals surface area (Å²) in [6, 6.07) is 1.93. The van der Waals surface area contributed by atoms with Crippen molar-refractivity contribution >= 4 is 11.6 Å². The highest BCUT2D eigenvalue weighted by Crippen LogP contribution is 2.22. The molecule has 5 heteroatoms. The predicted molar refractivity (Wildman–Crippen MR) is 84.3 cm³/mol. The van der Waals surface area contributed by atoms with E-state index in [-0.39, 0.29) is 11.5 Å². The molecule has 5 nitrogen and oxygen atoms in total. The van der Waals surface area contributed by atoms with Gasteiger partial charge in [-0.15, -0.1) is 0 Å². The number of nitrogens with one attached hydrogen (secondary N) is 2. The van der Waals surface area contributed by atoms with Crippen molar-refractivity contribution in [3.8, 4) is 0 Å². The Morgan fingerprint density at radius 1 is 1.20 bits per heavy atom. The molecule has 0 aliphatic rings. The van der Waals surface area contributed by atoms with E-state index in [0.29, 0.717) is 0 Å². The van der Waals surface area contributed by atoms with Gasteiger partial charge in [0, 0.05) is 24.6 Å². The maximum Gasteiger partial charge on any atom is 0.138 e. The zero-order chi connectivity index (χ0) is 15.2. The summed E-state index contributed by atoms with van der Waals surface area (Å²) in [5.41, 5.74) is -0.0819. The highest BCUT2D eigenvalue weighted by atomic mass is 16.3. The molecule has 0 aromatic carbocycles. The van der Waals surface area contributed by atoms with Gasteiger partial charge in [0.1, 0.15) is 17.5 Å². The molecule has 3 N–H and O–H groups in total. The van der Waals surface area contributed by atoms with Gasteiger partial charge in [0.05, 0.1) is 6.10 Å². The van der Waals surface area contributed by atoms with Gasteiger partial charge < -0.3 is 15.7 Å². The highest BCUT2D eigenvalue weighted by Gasteiger charge is 2.19. The van der Waals surface area contributed by atoms with E-state index < -0.39 is 0 Å². The Morgan fingerprint density at radius 3 is 2.30 bits per heavy atom. The minimum atomic E-state index is -0.246. The normalized spacial score (nSPS) is 13.1. The van der Waals surface area contributed by atoms with Crippen molar-refractivity contribution in [2.24, 2.45) is 0 Å². The lowest BCUT2D eigenvalue weighted by Crippen LogP contribution is -2.19. The zero-order valence-corrected chi connectivity index (χ0v) is 13.3. The Labute approximate surface area is 122 Å². The molecule has 0 saturated carbocycles. The van der Waals surface area contributed by atoms with Crippen LogP contribution < -0.4 is 10.6 Å². The molecule has 0 saturated heterocycles. The summed E-state index contributed by atoms with van der Waals surface area (Å²) in [7, 11) is 0. The monoisotopic (exact) mass is 280 g/mol. The van der Waals surface area contributed by atoms with Crippen LogP contribution in [0.2, 0.25) is 0 Å². The Balaban J connectivity index is 2.76. The molecule has 1 aromatic rings. The van der Waals surface area contributed by atoms with Gasteiger partial charge in [0.15, 0.2) is 0 Å². The van der Waals surface area contributed by atoms with Crippen LogP contribution >= 0.6 is 0 Å². The average Bonchev–Trinajstić information content (AvgIpc) is 2.33. The summed E-state index contributed by atoms with van der Waals surface area (Å²) in [4.78, 5) is 9.13. The number of aliphatic hydroxyl groups is 1. The number of anilines is 2. The van der Waals surface area contributed by atoms with Crippen LogP contribution in [0.4, 0.5) is 11.6 Å². The van der Waals surface area contributed by atoms with Crippen molar-refractivity contribution in [3.05, 3.63) is 11.9 Å². The Hall–Kier alpha value is -1.36. The molecule has 1 rings (SSSR count). The molecule has 1 unspecified atom stereocenters. The highest BCUT2D eigenvalue weighted by molar-refractivity contribution is 5.48. The first-order valence-corrected chi connectivity index (χ1v) is 7.38. The number of aromatic nitrogens is 2. The summed E-state index contributed by atoms with van der Waals surface area (Å²) in [6.45, 7) is 11.8. The molecule has 0 fully saturated rings. The van der Waals surface area contributed by atoms with E-state index in [1.165, 1.54) is 0 Å². The van der Waals surface area contributed by atoms with E-state index >= 15 is 0 Å². The lowest BCUT2D eigenvalue weighted by molar-refractivity contribution is 0.183. The van der Waals surface area contributed by atoms with Gasteiger partial charge in [-0.1, -0.05) is 20.8 Å². The predicted octanol–water partition coefficient (Wildman–Crippen LogP) is 2.78. The lowest BCUT2D eigenvalue weighted by atomic mass is 9.96. The molecule has 0 radical (unpaired) electrons. The molecule has 20 heavy (non-hydrogen) atoms. The van der Waals surface area contributed by atoms with Crippen LogP contribution in [0.5, 0.6) is 0 Å². The topological polar surface area (TPSA) is 70.1 Å². The van der Waals surface area contributed by atoms with E-state index in [2.05, 4.69) is 48.3 Å². The van der Waals surface area contributed by atoms with E-state index in [0.717, 1.165) is 43.4 Å². The summed E-state index contributed by atoms with van der Waals surface area (Å²) in [6.07, 6.45) is 1.47. The number of rotatable bonds is 7. The smallest absolute Gasteiger partial charge is 0.138 e. The lowest BCUT2D eigenvalue weighted by Gasteiger charge is -2.19. The Morgan fingerprint density at radius 2 is 1.80 bits per heavy atom. The minimum Gasteiger partial charge on any atom is -0.393 e. The van der Waals surface area contributed by atoms with Crippen LogP contribution in [-0.4, -0.2) is 34.3 Å². The molecule has 0 amide bonds. The fraction of sp³-hybridized carbons (Fsp3) is 0.733. The fourth-order valence-corrected chi connectivity index (χ4v) is 1.76. The molecule has 1 atom stereocenters. The van der Waals surface area contributed by atoms with Crippen molar-refractivity contribution in [1.29, 1.82) is 0 Å². The average molecular weight is 280 g/mol. The van der Waals surface area contributed by atoms with Crippen molar-refractivity contribution < 1.29 is 5.11 Å². The number of hydrogen-bond donors (Lipinski definition) is 3. The third kappa shape index (κ3) is 5.74. The molecule has 114 valence electrons. The Kier molecular flexibility index (Phi) is 6.20. The molecule has 1 heterocycles. The maximum absolute atomic E-state index is 9.25. The van der Waals surface area contributed by atoms with Crippen LogP contribution in [0.25, 0.3) is 0 Å². The molecule has 0 bridgehead atoms. The summed E-state index contributed by atoms with van der Waals surface area (Å²) >= 11 is 0. The SMILES string of the molecule is CCNc1cc(NCCCC(C)O)nc(C(C)(C)C)n1. The summed E-state index contributed by atoms with van der Waals surface area (Å²) in [5.74, 6) is 2.52. The quantitative estimate of drug-likeness (QED) is 0.670. The van der Waals surface area contributed by atoms with Crippen molar-refractivity contribution in [3.63, 3.8) is 0 Å².